The first-order valence-corrected chi connectivity index (χ1v) is 7.46. The summed E-state index contributed by atoms with van der Waals surface area (Å²) in [5.41, 5.74) is 0.586. The van der Waals surface area contributed by atoms with E-state index in [-0.39, 0.29) is 12.5 Å². The van der Waals surface area contributed by atoms with Crippen LogP contribution in [-0.2, 0) is 9.59 Å². The van der Waals surface area contributed by atoms with Crippen molar-refractivity contribution >= 4 is 29.2 Å². The van der Waals surface area contributed by atoms with Gasteiger partial charge in [0.25, 0.3) is 0 Å². The van der Waals surface area contributed by atoms with E-state index in [4.69, 9.17) is 21.4 Å². The van der Waals surface area contributed by atoms with E-state index in [2.05, 4.69) is 5.32 Å². The van der Waals surface area contributed by atoms with Crippen molar-refractivity contribution in [2.45, 2.75) is 12.8 Å². The maximum absolute atomic E-state index is 12.0. The molecule has 6 nitrogen and oxygen atoms in total. The number of nitrogens with one attached hydrogen (secondary N) is 1. The lowest BCUT2D eigenvalue weighted by molar-refractivity contribution is -0.144. The molecule has 0 bridgehead atoms. The van der Waals surface area contributed by atoms with Crippen LogP contribution in [0, 0.1) is 5.92 Å². The SMILES string of the molecule is COc1ccc(NC(=O)CN2CCC[C@H](C(=O)O)C2)cc1Cl. The second kappa shape index (κ2) is 7.47. The van der Waals surface area contributed by atoms with Gasteiger partial charge in [-0.05, 0) is 37.6 Å². The highest BCUT2D eigenvalue weighted by molar-refractivity contribution is 6.32. The van der Waals surface area contributed by atoms with Crippen LogP contribution in [0.3, 0.4) is 0 Å². The largest absolute Gasteiger partial charge is 0.495 e. The average molecular weight is 327 g/mol. The van der Waals surface area contributed by atoms with Crippen molar-refractivity contribution in [3.05, 3.63) is 23.2 Å². The minimum absolute atomic E-state index is 0.174. The summed E-state index contributed by atoms with van der Waals surface area (Å²) in [6.07, 6.45) is 1.46. The smallest absolute Gasteiger partial charge is 0.307 e. The predicted octanol–water partition coefficient (Wildman–Crippen LogP) is 2.08. The molecular formula is C15H19ClN2O4. The topological polar surface area (TPSA) is 78.9 Å². The average Bonchev–Trinajstić information content (AvgIpc) is 2.47. The van der Waals surface area contributed by atoms with Crippen LogP contribution < -0.4 is 10.1 Å². The van der Waals surface area contributed by atoms with Gasteiger partial charge in [-0.3, -0.25) is 14.5 Å². The van der Waals surface area contributed by atoms with E-state index in [1.807, 2.05) is 4.90 Å². The summed E-state index contributed by atoms with van der Waals surface area (Å²) in [5, 5.41) is 12.2. The van der Waals surface area contributed by atoms with Crippen molar-refractivity contribution in [2.75, 3.05) is 32.1 Å². The fourth-order valence-electron chi connectivity index (χ4n) is 2.55. The van der Waals surface area contributed by atoms with Gasteiger partial charge in [0, 0.05) is 12.2 Å². The van der Waals surface area contributed by atoms with Crippen LogP contribution in [0.2, 0.25) is 5.02 Å². The summed E-state index contributed by atoms with van der Waals surface area (Å²) >= 11 is 6.01. The van der Waals surface area contributed by atoms with E-state index in [1.165, 1.54) is 7.11 Å². The zero-order valence-corrected chi connectivity index (χ0v) is 13.1. The summed E-state index contributed by atoms with van der Waals surface area (Å²) in [5.74, 6) is -0.837. The maximum atomic E-state index is 12.0. The van der Waals surface area contributed by atoms with Gasteiger partial charge in [0.15, 0.2) is 0 Å². The molecule has 0 aromatic heterocycles. The maximum Gasteiger partial charge on any atom is 0.307 e. The van der Waals surface area contributed by atoms with E-state index in [0.717, 1.165) is 13.0 Å². The number of hydrogen-bond donors (Lipinski definition) is 2. The summed E-state index contributed by atoms with van der Waals surface area (Å²) in [6, 6.07) is 5.01. The molecule has 0 unspecified atom stereocenters. The number of carbonyl (C=O) groups excluding carboxylic acids is 1. The van der Waals surface area contributed by atoms with Gasteiger partial charge in [-0.1, -0.05) is 11.6 Å². The van der Waals surface area contributed by atoms with Crippen molar-refractivity contribution in [3.63, 3.8) is 0 Å². The number of nitrogens with zero attached hydrogens (tertiary/aromatic N) is 1. The van der Waals surface area contributed by atoms with Crippen LogP contribution in [0.5, 0.6) is 5.75 Å². The Morgan fingerprint density at radius 3 is 2.91 bits per heavy atom. The number of anilines is 1. The molecule has 1 atom stereocenters. The van der Waals surface area contributed by atoms with Crippen molar-refractivity contribution in [1.29, 1.82) is 0 Å². The number of carboxylic acid groups (broad SMARTS) is 1. The van der Waals surface area contributed by atoms with Crippen LogP contribution in [0.1, 0.15) is 12.8 Å². The molecule has 120 valence electrons. The molecule has 0 radical (unpaired) electrons. The molecule has 2 N–H and O–H groups in total. The number of piperidine rings is 1. The van der Waals surface area contributed by atoms with Gasteiger partial charge in [-0.15, -0.1) is 0 Å². The molecule has 1 aromatic carbocycles. The molecule has 0 spiro atoms. The normalized spacial score (nSPS) is 18.7. The Hall–Kier alpha value is -1.79. The number of carboxylic acids is 1. The fourth-order valence-corrected chi connectivity index (χ4v) is 2.81. The molecule has 1 aliphatic rings. The molecule has 2 rings (SSSR count). The number of amides is 1. The molecule has 1 aliphatic heterocycles. The highest BCUT2D eigenvalue weighted by atomic mass is 35.5. The molecule has 1 fully saturated rings. The third-order valence-electron chi connectivity index (χ3n) is 3.66. The van der Waals surface area contributed by atoms with E-state index in [0.29, 0.717) is 29.4 Å². The molecular weight excluding hydrogens is 308 g/mol. The Bertz CT molecular complexity index is 564. The molecule has 22 heavy (non-hydrogen) atoms. The van der Waals surface area contributed by atoms with E-state index < -0.39 is 11.9 Å². The van der Waals surface area contributed by atoms with E-state index in [9.17, 15) is 9.59 Å². The Balaban J connectivity index is 1.90. The minimum atomic E-state index is -0.799. The number of carbonyl (C=O) groups is 2. The molecule has 7 heteroatoms. The minimum Gasteiger partial charge on any atom is -0.495 e. The first-order valence-electron chi connectivity index (χ1n) is 7.08. The van der Waals surface area contributed by atoms with Crippen molar-refractivity contribution < 1.29 is 19.4 Å². The van der Waals surface area contributed by atoms with E-state index >= 15 is 0 Å². The lowest BCUT2D eigenvalue weighted by atomic mass is 9.98. The number of aliphatic carboxylic acids is 1. The van der Waals surface area contributed by atoms with Crippen LogP contribution in [-0.4, -0.2) is 48.6 Å². The predicted molar refractivity (Wildman–Crippen MR) is 83.4 cm³/mol. The number of hydrogen-bond acceptors (Lipinski definition) is 4. The Morgan fingerprint density at radius 1 is 1.50 bits per heavy atom. The number of rotatable bonds is 5. The van der Waals surface area contributed by atoms with E-state index in [1.54, 1.807) is 18.2 Å². The van der Waals surface area contributed by atoms with Crippen LogP contribution >= 0.6 is 11.6 Å². The Labute approximate surface area is 134 Å². The number of ether oxygens (including phenoxy) is 1. The van der Waals surface area contributed by atoms with Gasteiger partial charge in [0.2, 0.25) is 5.91 Å². The lowest BCUT2D eigenvalue weighted by Gasteiger charge is -2.29. The summed E-state index contributed by atoms with van der Waals surface area (Å²) in [6.45, 7) is 1.32. The standard InChI is InChI=1S/C15H19ClN2O4/c1-22-13-5-4-11(7-12(13)16)17-14(19)9-18-6-2-3-10(8-18)15(20)21/h4-5,7,10H,2-3,6,8-9H2,1H3,(H,17,19)(H,20,21)/t10-/m0/s1. The first kappa shape index (κ1) is 16.6. The number of likely N-dealkylation sites (tertiary alicyclic amines) is 1. The summed E-state index contributed by atoms with van der Waals surface area (Å²) in [4.78, 5) is 24.9. The lowest BCUT2D eigenvalue weighted by Crippen LogP contribution is -2.42. The third-order valence-corrected chi connectivity index (χ3v) is 3.95. The zero-order chi connectivity index (χ0) is 16.1. The quantitative estimate of drug-likeness (QED) is 0.866. The van der Waals surface area contributed by atoms with Gasteiger partial charge in [-0.2, -0.15) is 0 Å². The van der Waals surface area contributed by atoms with Crippen LogP contribution in [0.4, 0.5) is 5.69 Å². The highest BCUT2D eigenvalue weighted by Gasteiger charge is 2.26. The number of methoxy groups -OCH3 is 1. The monoisotopic (exact) mass is 326 g/mol. The third kappa shape index (κ3) is 4.35. The molecule has 0 aliphatic carbocycles. The van der Waals surface area contributed by atoms with Crippen LogP contribution in [0.25, 0.3) is 0 Å². The van der Waals surface area contributed by atoms with Crippen molar-refractivity contribution in [2.24, 2.45) is 5.92 Å². The van der Waals surface area contributed by atoms with Gasteiger partial charge in [0.05, 0.1) is 24.6 Å². The summed E-state index contributed by atoms with van der Waals surface area (Å²) < 4.78 is 5.05. The number of halogens is 1. The second-order valence-corrected chi connectivity index (χ2v) is 5.72. The van der Waals surface area contributed by atoms with Gasteiger partial charge < -0.3 is 15.2 Å². The van der Waals surface area contributed by atoms with Crippen LogP contribution in [0.15, 0.2) is 18.2 Å². The van der Waals surface area contributed by atoms with Crippen molar-refractivity contribution in [3.8, 4) is 5.75 Å². The van der Waals surface area contributed by atoms with Gasteiger partial charge in [-0.25, -0.2) is 0 Å². The molecule has 0 saturated carbocycles. The van der Waals surface area contributed by atoms with Gasteiger partial charge >= 0.3 is 5.97 Å². The Morgan fingerprint density at radius 2 is 2.27 bits per heavy atom. The van der Waals surface area contributed by atoms with Crippen molar-refractivity contribution in [1.82, 2.24) is 4.90 Å². The first-order chi connectivity index (χ1) is 10.5. The zero-order valence-electron chi connectivity index (χ0n) is 12.3. The Kier molecular flexibility index (Phi) is 5.63. The molecule has 1 saturated heterocycles. The second-order valence-electron chi connectivity index (χ2n) is 5.31. The number of benzene rings is 1. The molecule has 1 heterocycles. The molecule has 1 aromatic rings. The molecule has 1 amide bonds. The van der Waals surface area contributed by atoms with Gasteiger partial charge in [0.1, 0.15) is 5.75 Å². The fraction of sp³-hybridized carbons (Fsp3) is 0.467. The highest BCUT2D eigenvalue weighted by Crippen LogP contribution is 2.27. The summed E-state index contributed by atoms with van der Waals surface area (Å²) in [7, 11) is 1.52.